The summed E-state index contributed by atoms with van der Waals surface area (Å²) in [5, 5.41) is 0. The zero-order valence-electron chi connectivity index (χ0n) is 20.1. The molecule has 0 nitrogen and oxygen atoms in total. The van der Waals surface area contributed by atoms with Crippen LogP contribution in [0, 0.1) is 0 Å². The summed E-state index contributed by atoms with van der Waals surface area (Å²) in [6.45, 7) is 37.1. The Morgan fingerprint density at radius 1 is 0.440 bits per heavy atom. The molecule has 0 bridgehead atoms. The summed E-state index contributed by atoms with van der Waals surface area (Å²) in [4.78, 5) is 0. The standard InChI is InChI=1S/C22H50Si3/c1-15(2)23(16(3)4,17(5)6)25(21(13)22(25)14)24(18(7)8,19(9)10)20(11)12/h15-22H,1-14H3/t21-,22-/m0/s1. The molecule has 25 heavy (non-hydrogen) atoms. The average Bonchev–Trinajstić information content (AvgIpc) is 2.92. The van der Waals surface area contributed by atoms with Crippen LogP contribution >= 0.6 is 0 Å². The summed E-state index contributed by atoms with van der Waals surface area (Å²) < 4.78 is 0. The second-order valence-corrected chi connectivity index (χ2v) is 37.1. The van der Waals surface area contributed by atoms with Gasteiger partial charge in [-0.05, 0) is 0 Å². The second-order valence-electron chi connectivity index (χ2n) is 11.2. The second kappa shape index (κ2) is 7.58. The van der Waals surface area contributed by atoms with Crippen molar-refractivity contribution < 1.29 is 0 Å². The molecule has 0 aromatic rings. The molecular weight excluding hydrogens is 349 g/mol. The normalized spacial score (nSPS) is 24.5. The molecular formula is C22H50Si3. The molecule has 0 amide bonds. The van der Waals surface area contributed by atoms with E-state index in [0.29, 0.717) is 0 Å². The molecule has 1 fully saturated rings. The Hall–Kier alpha value is 0.651. The molecule has 1 rings (SSSR count). The highest BCUT2D eigenvalue weighted by Gasteiger charge is 2.83. The highest BCUT2D eigenvalue weighted by Crippen LogP contribution is 2.76. The molecule has 1 aliphatic heterocycles. The number of hydrogen-bond acceptors (Lipinski definition) is 0. The fourth-order valence-electron chi connectivity index (χ4n) is 9.59. The lowest BCUT2D eigenvalue weighted by Gasteiger charge is -2.61. The van der Waals surface area contributed by atoms with Crippen LogP contribution in [0.25, 0.3) is 0 Å². The monoisotopic (exact) mass is 398 g/mol. The molecule has 0 radical (unpaired) electrons. The van der Waals surface area contributed by atoms with Gasteiger partial charge in [-0.3, -0.25) is 0 Å². The first-order valence-electron chi connectivity index (χ1n) is 11.2. The van der Waals surface area contributed by atoms with Gasteiger partial charge in [0.05, 0.1) is 22.3 Å². The molecule has 1 saturated heterocycles. The van der Waals surface area contributed by atoms with Gasteiger partial charge in [-0.25, -0.2) is 0 Å². The highest BCUT2D eigenvalue weighted by atomic mass is 29.6. The molecule has 0 N–H and O–H groups in total. The van der Waals surface area contributed by atoms with Crippen molar-refractivity contribution in [3.63, 3.8) is 0 Å². The van der Waals surface area contributed by atoms with Gasteiger partial charge in [0.2, 0.25) is 0 Å². The van der Waals surface area contributed by atoms with E-state index in [4.69, 9.17) is 0 Å². The summed E-state index contributed by atoms with van der Waals surface area (Å²) in [6.07, 6.45) is 0. The Balaban J connectivity index is 4.00. The number of rotatable bonds is 8. The molecule has 1 aliphatic rings. The summed E-state index contributed by atoms with van der Waals surface area (Å²) in [5.74, 6) is 0. The van der Waals surface area contributed by atoms with Gasteiger partial charge >= 0.3 is 0 Å². The molecule has 1 heterocycles. The van der Waals surface area contributed by atoms with Crippen LogP contribution in [0.5, 0.6) is 0 Å². The summed E-state index contributed by atoms with van der Waals surface area (Å²) in [5.41, 5.74) is 7.79. The Morgan fingerprint density at radius 2 is 0.600 bits per heavy atom. The van der Waals surface area contributed by atoms with Crippen LogP contribution in [0.15, 0.2) is 0 Å². The third-order valence-corrected chi connectivity index (χ3v) is 59.3. The lowest BCUT2D eigenvalue weighted by Crippen LogP contribution is -2.77. The maximum atomic E-state index is 2.71. The Bertz CT molecular complexity index is 363. The van der Waals surface area contributed by atoms with Gasteiger partial charge in [0, 0.05) is 0 Å². The predicted molar refractivity (Wildman–Crippen MR) is 127 cm³/mol. The van der Waals surface area contributed by atoms with E-state index < -0.39 is 22.3 Å². The Kier molecular flexibility index (Phi) is 7.18. The summed E-state index contributed by atoms with van der Waals surface area (Å²) in [6, 6.07) is 0. The fraction of sp³-hybridized carbons (Fsp3) is 1.00. The minimum Gasteiger partial charge on any atom is -0.0654 e. The number of hydrogen-bond donors (Lipinski definition) is 0. The first-order valence-corrected chi connectivity index (χ1v) is 19.8. The Labute approximate surface area is 163 Å². The van der Waals surface area contributed by atoms with Gasteiger partial charge in [0.1, 0.15) is 0 Å². The van der Waals surface area contributed by atoms with E-state index in [-0.39, 0.29) is 0 Å². The molecule has 0 spiro atoms. The third kappa shape index (κ3) is 2.68. The lowest BCUT2D eigenvalue weighted by atomic mass is 10.4. The van der Waals surface area contributed by atoms with Gasteiger partial charge in [-0.1, -0.05) is 141 Å². The van der Waals surface area contributed by atoms with Crippen LogP contribution < -0.4 is 0 Å². The van der Waals surface area contributed by atoms with E-state index in [0.717, 1.165) is 44.3 Å². The SMILES string of the molecule is CC(C)[Si](C(C)C)(C(C)C)[Si]1([Si](C(C)C)(C(C)C)C(C)C)[C@@H](C)[C@@H]1C. The van der Waals surface area contributed by atoms with Crippen molar-refractivity contribution in [2.24, 2.45) is 0 Å². The smallest absolute Gasteiger partial charge is 0.0534 e. The molecule has 0 aromatic heterocycles. The molecule has 0 unspecified atom stereocenters. The van der Waals surface area contributed by atoms with Crippen molar-refractivity contribution in [2.45, 2.75) is 141 Å². The van der Waals surface area contributed by atoms with Crippen molar-refractivity contribution >= 4 is 22.3 Å². The van der Waals surface area contributed by atoms with E-state index in [1.54, 1.807) is 0 Å². The quantitative estimate of drug-likeness (QED) is 0.358. The van der Waals surface area contributed by atoms with E-state index in [1.807, 2.05) is 0 Å². The molecule has 0 aliphatic carbocycles. The van der Waals surface area contributed by atoms with Crippen molar-refractivity contribution in [3.8, 4) is 0 Å². The molecule has 3 heteroatoms. The van der Waals surface area contributed by atoms with Crippen molar-refractivity contribution in [2.75, 3.05) is 0 Å². The van der Waals surface area contributed by atoms with Gasteiger partial charge in [-0.15, -0.1) is 0 Å². The topological polar surface area (TPSA) is 0 Å². The average molecular weight is 399 g/mol. The van der Waals surface area contributed by atoms with Gasteiger partial charge in [0.25, 0.3) is 0 Å². The zero-order chi connectivity index (χ0) is 20.1. The molecule has 150 valence electrons. The van der Waals surface area contributed by atoms with Crippen LogP contribution in [0.3, 0.4) is 0 Å². The lowest BCUT2D eigenvalue weighted by molar-refractivity contribution is 0.826. The third-order valence-electron chi connectivity index (χ3n) is 9.24. The van der Waals surface area contributed by atoms with Gasteiger partial charge in [-0.2, -0.15) is 0 Å². The Morgan fingerprint density at radius 3 is 0.680 bits per heavy atom. The maximum absolute atomic E-state index is 2.71. The van der Waals surface area contributed by atoms with Gasteiger partial charge < -0.3 is 0 Å². The van der Waals surface area contributed by atoms with Gasteiger partial charge in [0.15, 0.2) is 0 Å². The predicted octanol–water partition coefficient (Wildman–Crippen LogP) is 8.74. The van der Waals surface area contributed by atoms with Crippen molar-refractivity contribution in [3.05, 3.63) is 0 Å². The largest absolute Gasteiger partial charge is 0.0654 e. The van der Waals surface area contributed by atoms with E-state index in [1.165, 1.54) is 0 Å². The van der Waals surface area contributed by atoms with Crippen LogP contribution in [-0.2, 0) is 0 Å². The maximum Gasteiger partial charge on any atom is 0.0534 e. The van der Waals surface area contributed by atoms with E-state index >= 15 is 0 Å². The zero-order valence-corrected chi connectivity index (χ0v) is 23.1. The summed E-state index contributed by atoms with van der Waals surface area (Å²) in [7, 11) is -4.11. The first-order chi connectivity index (χ1) is 11.2. The minimum atomic E-state index is -1.39. The van der Waals surface area contributed by atoms with Crippen LogP contribution in [0.4, 0.5) is 0 Å². The van der Waals surface area contributed by atoms with Crippen molar-refractivity contribution in [1.29, 1.82) is 0 Å². The van der Waals surface area contributed by atoms with Crippen molar-refractivity contribution in [1.82, 2.24) is 0 Å². The molecule has 0 aromatic carbocycles. The van der Waals surface area contributed by atoms with E-state index in [9.17, 15) is 0 Å². The molecule has 2 atom stereocenters. The van der Waals surface area contributed by atoms with Crippen LogP contribution in [0.1, 0.15) is 96.9 Å². The first kappa shape index (κ1) is 23.7. The summed E-state index contributed by atoms with van der Waals surface area (Å²) >= 11 is 0. The van der Waals surface area contributed by atoms with E-state index in [2.05, 4.69) is 96.9 Å². The minimum absolute atomic E-state index is 0.940. The fourth-order valence-corrected chi connectivity index (χ4v) is 84.0. The highest BCUT2D eigenvalue weighted by molar-refractivity contribution is 7.75. The van der Waals surface area contributed by atoms with Crippen LogP contribution in [-0.4, -0.2) is 22.3 Å². The molecule has 0 saturated carbocycles. The van der Waals surface area contributed by atoms with Crippen LogP contribution in [0.2, 0.25) is 44.3 Å².